The molecule has 2 amide bonds. The zero-order chi connectivity index (χ0) is 58.1. The second kappa shape index (κ2) is 25.8. The van der Waals surface area contributed by atoms with Gasteiger partial charge in [-0.3, -0.25) is 19.2 Å². The van der Waals surface area contributed by atoms with Crippen molar-refractivity contribution in [3.8, 4) is 16.2 Å². The van der Waals surface area contributed by atoms with Crippen LogP contribution in [-0.2, 0) is 19.1 Å². The van der Waals surface area contributed by atoms with Crippen molar-refractivity contribution in [2.45, 2.75) is 148 Å². The van der Waals surface area contributed by atoms with Crippen LogP contribution in [0.15, 0.2) is 102 Å². The van der Waals surface area contributed by atoms with Crippen LogP contribution >= 0.6 is 11.3 Å². The molecule has 1 saturated carbocycles. The van der Waals surface area contributed by atoms with Gasteiger partial charge in [-0.2, -0.15) is 5.10 Å². The molecule has 1 aliphatic carbocycles. The zero-order valence-corrected chi connectivity index (χ0v) is 50.6. The average molecular weight is 1150 g/mol. The quantitative estimate of drug-likeness (QED) is 0.0596. The Hall–Kier alpha value is -5.82. The van der Waals surface area contributed by atoms with E-state index in [1.165, 1.54) is 38.8 Å². The summed E-state index contributed by atoms with van der Waals surface area (Å²) in [6, 6.07) is 14.8. The number of carbonyl (C=O) groups excluding carboxylic acids is 2. The summed E-state index contributed by atoms with van der Waals surface area (Å²) < 4.78 is 15.3. The van der Waals surface area contributed by atoms with Crippen LogP contribution in [0.3, 0.4) is 0 Å². The number of phenolic OH excluding ortho intramolecular Hbond substituents is 1. The number of phenols is 1. The molecule has 83 heavy (non-hydrogen) atoms. The molecule has 2 aromatic heterocycles. The number of piperidine rings is 3. The molecule has 16 nitrogen and oxygen atoms in total. The van der Waals surface area contributed by atoms with Gasteiger partial charge in [0.25, 0.3) is 0 Å². The minimum absolute atomic E-state index is 0.0245. The monoisotopic (exact) mass is 1150 g/mol. The fraction of sp³-hybridized carbons (Fsp3) is 0.576. The molecule has 4 aromatic rings. The number of para-hydroxylation sites is 1. The molecule has 6 N–H and O–H groups in total. The van der Waals surface area contributed by atoms with Crippen LogP contribution < -0.4 is 16.4 Å². The molecular weight excluding hydrogens is 1060 g/mol. The number of β-amino-alcohol motifs (C(OH)–C–C–N with tert-alkyl or cyclic N) is 1. The maximum Gasteiger partial charge on any atom is 0.243 e. The van der Waals surface area contributed by atoms with Gasteiger partial charge in [-0.25, -0.2) is 4.98 Å². The van der Waals surface area contributed by atoms with Gasteiger partial charge in [-0.1, -0.05) is 62.9 Å². The van der Waals surface area contributed by atoms with E-state index in [1.807, 2.05) is 69.7 Å². The lowest BCUT2D eigenvalue weighted by Crippen LogP contribution is -2.50. The number of aryl methyl sites for hydroxylation is 1. The lowest BCUT2D eigenvalue weighted by atomic mass is 9.74. The minimum Gasteiger partial charge on any atom is -0.507 e. The number of nitrogens with one attached hydrogen (secondary N) is 2. The topological polar surface area (TPSA) is 187 Å². The lowest BCUT2D eigenvalue weighted by molar-refractivity contribution is -0.143. The van der Waals surface area contributed by atoms with E-state index in [2.05, 4.69) is 85.9 Å². The van der Waals surface area contributed by atoms with E-state index in [4.69, 9.17) is 20.3 Å². The summed E-state index contributed by atoms with van der Waals surface area (Å²) in [6.07, 6.45) is 17.3. The Labute approximate surface area is 495 Å². The van der Waals surface area contributed by atoms with Crippen molar-refractivity contribution >= 4 is 34.3 Å². The Morgan fingerprint density at radius 1 is 0.904 bits per heavy atom. The fourth-order valence-corrected chi connectivity index (χ4v) is 15.3. The first-order chi connectivity index (χ1) is 40.0. The van der Waals surface area contributed by atoms with Gasteiger partial charge < -0.3 is 50.8 Å². The van der Waals surface area contributed by atoms with E-state index >= 15 is 0 Å². The van der Waals surface area contributed by atoms with E-state index in [1.54, 1.807) is 22.3 Å². The van der Waals surface area contributed by atoms with Crippen LogP contribution in [-0.4, -0.2) is 158 Å². The molecule has 4 saturated heterocycles. The van der Waals surface area contributed by atoms with Gasteiger partial charge >= 0.3 is 0 Å². The Balaban J connectivity index is 0.586. The molecule has 446 valence electrons. The number of ether oxygens (including phenoxy) is 2. The SMILES string of the molecule is C=C1COC([C@H](C(=O)N2C[C@H](O)C[C@H]2C(=O)N[C@@H](C)c2ccc(-c3scnc3C)cc2)C(C)C)=CC1N1CCC(OC2CCN(CC3CC(CN4CCC([C@H](C)n5cc(C6=C(N)NC(C)C(c7ccccc7O)=C6)cn5)CC4)C3)CC2)CC1. The van der Waals surface area contributed by atoms with Gasteiger partial charge in [0.2, 0.25) is 11.8 Å². The number of aliphatic hydroxyl groups excluding tert-OH is 1. The average Bonchev–Trinajstić information content (AvgIpc) is 4.29. The standard InChI is InChI=1S/C66H90N10O6S/c1-40(2)62(66(80)75-37-52(77)30-59(75)65(79)71-42(4)48-12-14-50(15-13-48)63-44(6)68-39-83-63)61-32-58(41(3)38-81-61)74-26-20-54(21-27-74)82-53-18-24-73(25-19-53)35-47-28-46(29-47)34-72-22-16-49(17-23-72)45(7)76-36-51(33-69-76)57-31-56(43(5)70-64(57)67)55-10-8-9-11-60(55)78/h8-15,31-33,36,39-40,42-43,45-47,49,52-54,58-59,62,70,77-78H,3,16-30,34-35,37-38,67H2,1-2,4-7H3,(H,71,79)/t42-,43?,45-,46?,47?,52+,58?,59-,62+/m0/s1. The number of nitrogens with two attached hydrogens (primary N) is 1. The molecule has 17 heteroatoms. The van der Waals surface area contributed by atoms with Gasteiger partial charge in [0.1, 0.15) is 30.0 Å². The number of rotatable bonds is 18. The zero-order valence-electron chi connectivity index (χ0n) is 49.8. The van der Waals surface area contributed by atoms with E-state index in [0.29, 0.717) is 36.3 Å². The number of nitrogens with zero attached hydrogens (tertiary/aromatic N) is 7. The molecule has 2 aromatic carbocycles. The second-order valence-corrected chi connectivity index (χ2v) is 26.5. The number of carbonyl (C=O) groups is 2. The maximum atomic E-state index is 14.6. The Kier molecular flexibility index (Phi) is 18.3. The van der Waals surface area contributed by atoms with Gasteiger partial charge in [0.15, 0.2) is 0 Å². The van der Waals surface area contributed by atoms with Gasteiger partial charge in [0.05, 0.1) is 70.7 Å². The van der Waals surface area contributed by atoms with Crippen molar-refractivity contribution in [1.82, 2.24) is 45.0 Å². The Bertz CT molecular complexity index is 3010. The molecule has 8 heterocycles. The summed E-state index contributed by atoms with van der Waals surface area (Å²) in [4.78, 5) is 43.5. The van der Waals surface area contributed by atoms with Crippen LogP contribution in [0.4, 0.5) is 0 Å². The Morgan fingerprint density at radius 2 is 1.57 bits per heavy atom. The number of allylic oxidation sites excluding steroid dienone is 2. The molecule has 7 aliphatic rings. The molecule has 0 radical (unpaired) electrons. The van der Waals surface area contributed by atoms with Crippen molar-refractivity contribution < 1.29 is 29.3 Å². The molecule has 11 rings (SSSR count). The summed E-state index contributed by atoms with van der Waals surface area (Å²) in [5.74, 6) is 2.55. The van der Waals surface area contributed by atoms with Crippen molar-refractivity contribution in [2.24, 2.45) is 35.3 Å². The van der Waals surface area contributed by atoms with E-state index in [9.17, 15) is 19.8 Å². The number of aromatic hydroxyl groups is 1. The third-order valence-electron chi connectivity index (χ3n) is 19.5. The summed E-state index contributed by atoms with van der Waals surface area (Å²) in [5.41, 5.74) is 16.1. The number of benzene rings is 2. The van der Waals surface area contributed by atoms with Crippen molar-refractivity contribution in [3.63, 3.8) is 0 Å². The largest absolute Gasteiger partial charge is 0.507 e. The molecule has 0 bridgehead atoms. The highest BCUT2D eigenvalue weighted by molar-refractivity contribution is 7.13. The molecule has 7 atom stereocenters. The van der Waals surface area contributed by atoms with Crippen molar-refractivity contribution in [1.29, 1.82) is 0 Å². The number of likely N-dealkylation sites (tertiary alicyclic amines) is 4. The second-order valence-electron chi connectivity index (χ2n) is 25.7. The minimum atomic E-state index is -0.791. The van der Waals surface area contributed by atoms with Crippen LogP contribution in [0.25, 0.3) is 21.6 Å². The fourth-order valence-electron chi connectivity index (χ4n) is 14.5. The number of aromatic nitrogens is 3. The van der Waals surface area contributed by atoms with E-state index in [0.717, 1.165) is 126 Å². The smallest absolute Gasteiger partial charge is 0.243 e. The Morgan fingerprint density at radius 3 is 2.22 bits per heavy atom. The van der Waals surface area contributed by atoms with Gasteiger partial charge in [-0.15, -0.1) is 11.3 Å². The first kappa shape index (κ1) is 58.9. The van der Waals surface area contributed by atoms with E-state index < -0.39 is 18.1 Å². The summed E-state index contributed by atoms with van der Waals surface area (Å²) in [6.45, 7) is 25.9. The third kappa shape index (κ3) is 13.4. The van der Waals surface area contributed by atoms with E-state index in [-0.39, 0.29) is 60.7 Å². The van der Waals surface area contributed by atoms with Crippen LogP contribution in [0.1, 0.15) is 127 Å². The van der Waals surface area contributed by atoms with Gasteiger partial charge in [-0.05, 0) is 156 Å². The lowest BCUT2D eigenvalue weighted by Gasteiger charge is -2.44. The molecule has 5 fully saturated rings. The first-order valence-electron chi connectivity index (χ1n) is 31.0. The number of dihydropyridines is 1. The highest BCUT2D eigenvalue weighted by Gasteiger charge is 2.45. The molecular formula is C66H90N10O6S. The van der Waals surface area contributed by atoms with Crippen LogP contribution in [0.2, 0.25) is 0 Å². The van der Waals surface area contributed by atoms with Crippen LogP contribution in [0.5, 0.6) is 5.75 Å². The van der Waals surface area contributed by atoms with Crippen molar-refractivity contribution in [2.75, 3.05) is 65.5 Å². The highest BCUT2D eigenvalue weighted by atomic mass is 32.1. The third-order valence-corrected chi connectivity index (χ3v) is 20.5. The van der Waals surface area contributed by atoms with Crippen LogP contribution in [0, 0.1) is 36.5 Å². The molecule has 2 unspecified atom stereocenters. The molecule has 0 spiro atoms. The summed E-state index contributed by atoms with van der Waals surface area (Å²) in [7, 11) is 0. The predicted octanol–water partition coefficient (Wildman–Crippen LogP) is 8.92. The number of hydrogen-bond acceptors (Lipinski definition) is 14. The van der Waals surface area contributed by atoms with Crippen molar-refractivity contribution in [3.05, 3.63) is 125 Å². The summed E-state index contributed by atoms with van der Waals surface area (Å²) >= 11 is 1.61. The highest BCUT2D eigenvalue weighted by Crippen LogP contribution is 2.40. The number of thiazole rings is 1. The first-order valence-corrected chi connectivity index (χ1v) is 31.9. The predicted molar refractivity (Wildman–Crippen MR) is 328 cm³/mol. The summed E-state index contributed by atoms with van der Waals surface area (Å²) in [5, 5.41) is 32.9. The normalized spacial score (nSPS) is 26.7. The maximum absolute atomic E-state index is 14.6. The number of amides is 2. The molecule has 6 aliphatic heterocycles. The van der Waals surface area contributed by atoms with Gasteiger partial charge in [0, 0.05) is 75.1 Å². The number of aliphatic hydroxyl groups is 1. The number of hydrogen-bond donors (Lipinski definition) is 5.